The number of halogens is 3. The van der Waals surface area contributed by atoms with E-state index >= 15 is 0 Å². The molecule has 4 aromatic carbocycles. The number of rotatable bonds is 14. The molecule has 0 bridgehead atoms. The molecule has 2 amide bonds. The molecular formula is C35H36Cl3N3O5S. The topological polar surface area (TPSA) is 96.0 Å². The van der Waals surface area contributed by atoms with E-state index in [4.69, 9.17) is 39.5 Å². The molecule has 8 nitrogen and oxygen atoms in total. The van der Waals surface area contributed by atoms with Crippen molar-refractivity contribution in [2.75, 3.05) is 24.5 Å². The molecule has 47 heavy (non-hydrogen) atoms. The summed E-state index contributed by atoms with van der Waals surface area (Å²) in [4.78, 5) is 29.9. The maximum Gasteiger partial charge on any atom is 0.264 e. The maximum absolute atomic E-state index is 14.6. The molecule has 0 aliphatic carbocycles. The van der Waals surface area contributed by atoms with Gasteiger partial charge in [0.05, 0.1) is 17.7 Å². The standard InChI is InChI=1S/C35H36Cl3N3O5S/c1-24(2)21-39-35(43)32(18-25-10-6-4-7-11-25)40(22-26-14-15-27(36)19-30(26)38)34(42)23-41(31-20-28(37)16-17-33(31)46-3)47(44,45)29-12-8-5-9-13-29/h4-17,19-20,24,32H,18,21-23H2,1-3H3,(H,39,43)/t32-/m1/s1. The van der Waals surface area contributed by atoms with Gasteiger partial charge in [0.25, 0.3) is 10.0 Å². The Bertz CT molecular complexity index is 1790. The Morgan fingerprint density at radius 3 is 2.09 bits per heavy atom. The van der Waals surface area contributed by atoms with Crippen LogP contribution in [0, 0.1) is 5.92 Å². The zero-order chi connectivity index (χ0) is 34.1. The van der Waals surface area contributed by atoms with Gasteiger partial charge in [-0.05, 0) is 59.5 Å². The number of nitrogens with one attached hydrogen (secondary N) is 1. The first-order valence-electron chi connectivity index (χ1n) is 14.9. The van der Waals surface area contributed by atoms with Gasteiger partial charge in [0.1, 0.15) is 18.3 Å². The second-order valence-corrected chi connectivity index (χ2v) is 14.4. The predicted molar refractivity (Wildman–Crippen MR) is 188 cm³/mol. The smallest absolute Gasteiger partial charge is 0.264 e. The zero-order valence-electron chi connectivity index (χ0n) is 26.2. The molecule has 1 N–H and O–H groups in total. The molecule has 1 atom stereocenters. The fraction of sp³-hybridized carbons (Fsp3) is 0.257. The molecule has 0 heterocycles. The number of nitrogens with zero attached hydrogens (tertiary/aromatic N) is 2. The summed E-state index contributed by atoms with van der Waals surface area (Å²) in [5.74, 6) is -0.713. The normalized spacial score (nSPS) is 12.0. The van der Waals surface area contributed by atoms with Crippen LogP contribution in [-0.2, 0) is 32.6 Å². The summed E-state index contributed by atoms with van der Waals surface area (Å²) in [6, 6.07) is 25.4. The number of sulfonamides is 1. The van der Waals surface area contributed by atoms with Crippen molar-refractivity contribution in [3.63, 3.8) is 0 Å². The van der Waals surface area contributed by atoms with Crippen LogP contribution in [-0.4, -0.2) is 51.4 Å². The van der Waals surface area contributed by atoms with Crippen molar-refractivity contribution in [3.8, 4) is 5.75 Å². The van der Waals surface area contributed by atoms with Crippen molar-refractivity contribution in [3.05, 3.63) is 123 Å². The van der Waals surface area contributed by atoms with E-state index in [9.17, 15) is 18.0 Å². The fourth-order valence-electron chi connectivity index (χ4n) is 4.90. The number of carbonyl (C=O) groups excluding carboxylic acids is 2. The predicted octanol–water partition coefficient (Wildman–Crippen LogP) is 7.26. The van der Waals surface area contributed by atoms with Gasteiger partial charge >= 0.3 is 0 Å². The number of methoxy groups -OCH3 is 1. The number of hydrogen-bond donors (Lipinski definition) is 1. The van der Waals surface area contributed by atoms with Crippen LogP contribution in [0.5, 0.6) is 5.75 Å². The van der Waals surface area contributed by atoms with Gasteiger partial charge in [-0.15, -0.1) is 0 Å². The van der Waals surface area contributed by atoms with Crippen LogP contribution in [0.3, 0.4) is 0 Å². The van der Waals surface area contributed by atoms with Gasteiger partial charge in [-0.3, -0.25) is 13.9 Å². The van der Waals surface area contributed by atoms with Crippen LogP contribution >= 0.6 is 34.8 Å². The molecule has 0 saturated carbocycles. The van der Waals surface area contributed by atoms with Crippen molar-refractivity contribution < 1.29 is 22.7 Å². The minimum absolute atomic E-state index is 0.0439. The van der Waals surface area contributed by atoms with E-state index in [2.05, 4.69) is 5.32 Å². The lowest BCUT2D eigenvalue weighted by atomic mass is 10.0. The summed E-state index contributed by atoms with van der Waals surface area (Å²) in [5.41, 5.74) is 1.39. The minimum atomic E-state index is -4.34. The van der Waals surface area contributed by atoms with Crippen LogP contribution in [0.2, 0.25) is 15.1 Å². The van der Waals surface area contributed by atoms with Gasteiger partial charge in [0.15, 0.2) is 0 Å². The van der Waals surface area contributed by atoms with E-state index < -0.39 is 34.4 Å². The van der Waals surface area contributed by atoms with E-state index in [0.717, 1.165) is 9.87 Å². The SMILES string of the molecule is COc1ccc(Cl)cc1N(CC(=O)N(Cc1ccc(Cl)cc1Cl)[C@H](Cc1ccccc1)C(=O)NCC(C)C)S(=O)(=O)c1ccccc1. The lowest BCUT2D eigenvalue weighted by Crippen LogP contribution is -2.53. The molecule has 0 aliphatic heterocycles. The molecule has 0 aromatic heterocycles. The second kappa shape index (κ2) is 16.4. The third-order valence-corrected chi connectivity index (χ3v) is 9.93. The summed E-state index contributed by atoms with van der Waals surface area (Å²) in [5, 5.41) is 3.89. The first-order valence-corrected chi connectivity index (χ1v) is 17.4. The highest BCUT2D eigenvalue weighted by molar-refractivity contribution is 7.92. The summed E-state index contributed by atoms with van der Waals surface area (Å²) in [6.45, 7) is 3.53. The second-order valence-electron chi connectivity index (χ2n) is 11.2. The Balaban J connectivity index is 1.86. The van der Waals surface area contributed by atoms with Crippen LogP contribution in [0.4, 0.5) is 5.69 Å². The highest BCUT2D eigenvalue weighted by Crippen LogP contribution is 2.35. The third-order valence-electron chi connectivity index (χ3n) is 7.33. The minimum Gasteiger partial charge on any atom is -0.495 e. The lowest BCUT2D eigenvalue weighted by Gasteiger charge is -2.34. The highest BCUT2D eigenvalue weighted by Gasteiger charge is 2.36. The lowest BCUT2D eigenvalue weighted by molar-refractivity contribution is -0.140. The van der Waals surface area contributed by atoms with E-state index in [0.29, 0.717) is 22.2 Å². The molecule has 0 radical (unpaired) electrons. The average Bonchev–Trinajstić information content (AvgIpc) is 3.05. The van der Waals surface area contributed by atoms with Crippen molar-refractivity contribution >= 4 is 62.3 Å². The van der Waals surface area contributed by atoms with Crippen molar-refractivity contribution in [2.45, 2.75) is 37.8 Å². The largest absolute Gasteiger partial charge is 0.495 e. The molecule has 4 rings (SSSR count). The van der Waals surface area contributed by atoms with Gasteiger partial charge in [0, 0.05) is 34.6 Å². The molecule has 12 heteroatoms. The fourth-order valence-corrected chi connectivity index (χ4v) is 6.97. The van der Waals surface area contributed by atoms with Crippen molar-refractivity contribution in [1.82, 2.24) is 10.2 Å². The highest BCUT2D eigenvalue weighted by atomic mass is 35.5. The number of carbonyl (C=O) groups is 2. The number of anilines is 1. The van der Waals surface area contributed by atoms with Crippen LogP contribution in [0.15, 0.2) is 102 Å². The first-order chi connectivity index (χ1) is 22.4. The molecule has 4 aromatic rings. The molecule has 0 saturated heterocycles. The summed E-state index contributed by atoms with van der Waals surface area (Å²) < 4.78 is 34.9. The van der Waals surface area contributed by atoms with Crippen LogP contribution < -0.4 is 14.4 Å². The van der Waals surface area contributed by atoms with Crippen molar-refractivity contribution in [1.29, 1.82) is 0 Å². The molecule has 0 fully saturated rings. The Labute approximate surface area is 291 Å². The molecule has 0 spiro atoms. The van der Waals surface area contributed by atoms with E-state index in [1.165, 1.54) is 36.3 Å². The summed E-state index contributed by atoms with van der Waals surface area (Å²) in [6.07, 6.45) is 0.160. The van der Waals surface area contributed by atoms with Gasteiger partial charge in [-0.1, -0.05) is 103 Å². The Morgan fingerprint density at radius 1 is 0.851 bits per heavy atom. The van der Waals surface area contributed by atoms with Gasteiger partial charge in [0.2, 0.25) is 11.8 Å². The van der Waals surface area contributed by atoms with E-state index in [1.807, 2.05) is 44.2 Å². The van der Waals surface area contributed by atoms with Gasteiger partial charge < -0.3 is 15.0 Å². The number of amides is 2. The Hall–Kier alpha value is -3.76. The van der Waals surface area contributed by atoms with E-state index in [-0.39, 0.29) is 40.2 Å². The summed E-state index contributed by atoms with van der Waals surface area (Å²) >= 11 is 19.1. The Morgan fingerprint density at radius 2 is 1.47 bits per heavy atom. The summed E-state index contributed by atoms with van der Waals surface area (Å²) in [7, 11) is -2.95. The molecular weight excluding hydrogens is 681 g/mol. The number of ether oxygens (including phenoxy) is 1. The molecule has 0 unspecified atom stereocenters. The van der Waals surface area contributed by atoms with Gasteiger partial charge in [-0.2, -0.15) is 0 Å². The quantitative estimate of drug-likeness (QED) is 0.148. The number of benzene rings is 4. The first kappa shape index (κ1) is 36.1. The monoisotopic (exact) mass is 715 g/mol. The van der Waals surface area contributed by atoms with Crippen molar-refractivity contribution in [2.24, 2.45) is 5.92 Å². The average molecular weight is 717 g/mol. The zero-order valence-corrected chi connectivity index (χ0v) is 29.3. The Kier molecular flexibility index (Phi) is 12.6. The third kappa shape index (κ3) is 9.41. The van der Waals surface area contributed by atoms with Crippen LogP contribution in [0.25, 0.3) is 0 Å². The molecule has 0 aliphatic rings. The van der Waals surface area contributed by atoms with E-state index in [1.54, 1.807) is 42.5 Å². The molecule has 248 valence electrons. The van der Waals surface area contributed by atoms with Gasteiger partial charge in [-0.25, -0.2) is 8.42 Å². The maximum atomic E-state index is 14.6. The number of hydrogen-bond acceptors (Lipinski definition) is 5. The van der Waals surface area contributed by atoms with Crippen LogP contribution in [0.1, 0.15) is 25.0 Å².